The van der Waals surface area contributed by atoms with Crippen LogP contribution >= 0.6 is 0 Å². The normalized spacial score (nSPS) is 34.9. The van der Waals surface area contributed by atoms with E-state index >= 15 is 0 Å². The first kappa shape index (κ1) is 15.3. The second kappa shape index (κ2) is 7.08. The summed E-state index contributed by atoms with van der Waals surface area (Å²) in [6.07, 6.45) is 6.98. The van der Waals surface area contributed by atoms with Gasteiger partial charge in [0.05, 0.1) is 0 Å². The molecule has 112 valence electrons. The summed E-state index contributed by atoms with van der Waals surface area (Å²) in [5.41, 5.74) is 0. The smallest absolute Gasteiger partial charge is 0.0103 e. The van der Waals surface area contributed by atoms with Crippen molar-refractivity contribution in [3.05, 3.63) is 0 Å². The summed E-state index contributed by atoms with van der Waals surface area (Å²) in [6, 6.07) is 1.56. The van der Waals surface area contributed by atoms with Crippen LogP contribution in [0, 0.1) is 17.8 Å². The second-order valence-corrected chi connectivity index (χ2v) is 7.31. The van der Waals surface area contributed by atoms with Crippen molar-refractivity contribution in [1.82, 2.24) is 10.2 Å². The molecule has 1 heterocycles. The molecule has 1 aliphatic heterocycles. The maximum atomic E-state index is 4.04. The van der Waals surface area contributed by atoms with E-state index in [4.69, 9.17) is 0 Å². The van der Waals surface area contributed by atoms with Gasteiger partial charge < -0.3 is 10.2 Å². The zero-order valence-electron chi connectivity index (χ0n) is 13.5. The molecule has 2 heteroatoms. The largest absolute Gasteiger partial charge is 0.311 e. The van der Waals surface area contributed by atoms with Gasteiger partial charge in [-0.15, -0.1) is 0 Å². The highest BCUT2D eigenvalue weighted by Gasteiger charge is 2.32. The van der Waals surface area contributed by atoms with Crippen molar-refractivity contribution >= 4 is 0 Å². The van der Waals surface area contributed by atoms with Crippen molar-refractivity contribution in [2.75, 3.05) is 19.6 Å². The second-order valence-electron chi connectivity index (χ2n) is 7.31. The minimum absolute atomic E-state index is 0.777. The highest BCUT2D eigenvalue weighted by molar-refractivity contribution is 4.89. The van der Waals surface area contributed by atoms with E-state index in [0.29, 0.717) is 0 Å². The van der Waals surface area contributed by atoms with E-state index in [-0.39, 0.29) is 0 Å². The number of nitrogens with zero attached hydrogens (tertiary/aromatic N) is 1. The quantitative estimate of drug-likeness (QED) is 0.837. The highest BCUT2D eigenvalue weighted by atomic mass is 15.1. The van der Waals surface area contributed by atoms with Crippen LogP contribution in [0.3, 0.4) is 0 Å². The van der Waals surface area contributed by atoms with Crippen LogP contribution in [0.4, 0.5) is 0 Å². The van der Waals surface area contributed by atoms with Crippen LogP contribution < -0.4 is 5.32 Å². The van der Waals surface area contributed by atoms with Crippen molar-refractivity contribution in [2.24, 2.45) is 17.8 Å². The van der Waals surface area contributed by atoms with E-state index in [9.17, 15) is 0 Å². The Kier molecular flexibility index (Phi) is 5.70. The zero-order valence-corrected chi connectivity index (χ0v) is 13.5. The van der Waals surface area contributed by atoms with E-state index in [0.717, 1.165) is 29.8 Å². The third-order valence-electron chi connectivity index (χ3n) is 5.51. The number of piperidine rings is 1. The van der Waals surface area contributed by atoms with E-state index in [2.05, 4.69) is 37.9 Å². The Morgan fingerprint density at radius 3 is 2.37 bits per heavy atom. The molecule has 3 atom stereocenters. The van der Waals surface area contributed by atoms with Gasteiger partial charge in [0.15, 0.2) is 0 Å². The molecule has 2 rings (SSSR count). The Labute approximate surface area is 120 Å². The van der Waals surface area contributed by atoms with E-state index < -0.39 is 0 Å². The SMILES string of the molecule is CCN1CCC(NC2CC(C)CCC2C(C)C)CC1. The van der Waals surface area contributed by atoms with Gasteiger partial charge in [-0.05, 0) is 63.1 Å². The Morgan fingerprint density at radius 1 is 1.11 bits per heavy atom. The number of likely N-dealkylation sites (tertiary alicyclic amines) is 1. The van der Waals surface area contributed by atoms with Gasteiger partial charge in [-0.3, -0.25) is 0 Å². The monoisotopic (exact) mass is 266 g/mol. The van der Waals surface area contributed by atoms with Gasteiger partial charge in [0, 0.05) is 12.1 Å². The minimum atomic E-state index is 0.777. The molecule has 1 N–H and O–H groups in total. The molecule has 2 aliphatic rings. The summed E-state index contributed by atoms with van der Waals surface area (Å²) in [4.78, 5) is 2.58. The first-order valence-corrected chi connectivity index (χ1v) is 8.58. The van der Waals surface area contributed by atoms with Crippen LogP contribution in [-0.4, -0.2) is 36.6 Å². The molecule has 1 saturated heterocycles. The number of hydrogen-bond acceptors (Lipinski definition) is 2. The molecule has 1 aliphatic carbocycles. The lowest BCUT2D eigenvalue weighted by Gasteiger charge is -2.41. The average molecular weight is 266 g/mol. The third kappa shape index (κ3) is 4.19. The van der Waals surface area contributed by atoms with Gasteiger partial charge >= 0.3 is 0 Å². The number of rotatable bonds is 4. The van der Waals surface area contributed by atoms with Gasteiger partial charge in [-0.1, -0.05) is 34.1 Å². The standard InChI is InChI=1S/C17H34N2/c1-5-19-10-8-15(9-11-19)18-17-12-14(4)6-7-16(17)13(2)3/h13-18H,5-12H2,1-4H3. The zero-order chi connectivity index (χ0) is 13.8. The van der Waals surface area contributed by atoms with Gasteiger partial charge in [0.2, 0.25) is 0 Å². The van der Waals surface area contributed by atoms with E-state index in [1.807, 2.05) is 0 Å². The lowest BCUT2D eigenvalue weighted by molar-refractivity contribution is 0.133. The van der Waals surface area contributed by atoms with Gasteiger partial charge in [0.1, 0.15) is 0 Å². The van der Waals surface area contributed by atoms with Crippen LogP contribution in [0.2, 0.25) is 0 Å². The lowest BCUT2D eigenvalue weighted by Crippen LogP contribution is -2.51. The fraction of sp³-hybridized carbons (Fsp3) is 1.00. The fourth-order valence-corrected chi connectivity index (χ4v) is 4.11. The molecular weight excluding hydrogens is 232 g/mol. The Bertz CT molecular complexity index is 256. The van der Waals surface area contributed by atoms with Crippen molar-refractivity contribution < 1.29 is 0 Å². The molecule has 19 heavy (non-hydrogen) atoms. The average Bonchev–Trinajstić information content (AvgIpc) is 2.39. The molecule has 0 aromatic rings. The van der Waals surface area contributed by atoms with Crippen LogP contribution in [0.15, 0.2) is 0 Å². The summed E-state index contributed by atoms with van der Waals surface area (Å²) in [6.45, 7) is 13.4. The predicted octanol–water partition coefficient (Wildman–Crippen LogP) is 3.52. The lowest BCUT2D eigenvalue weighted by atomic mass is 9.73. The first-order chi connectivity index (χ1) is 9.10. The molecule has 0 aromatic heterocycles. The molecule has 0 aromatic carbocycles. The van der Waals surface area contributed by atoms with E-state index in [1.165, 1.54) is 51.7 Å². The predicted molar refractivity (Wildman–Crippen MR) is 83.4 cm³/mol. The summed E-state index contributed by atoms with van der Waals surface area (Å²) in [5.74, 6) is 2.66. The summed E-state index contributed by atoms with van der Waals surface area (Å²) >= 11 is 0. The maximum absolute atomic E-state index is 4.04. The van der Waals surface area contributed by atoms with E-state index in [1.54, 1.807) is 0 Å². The molecular formula is C17H34N2. The van der Waals surface area contributed by atoms with Crippen molar-refractivity contribution in [3.8, 4) is 0 Å². The molecule has 0 spiro atoms. The van der Waals surface area contributed by atoms with Gasteiger partial charge in [-0.2, -0.15) is 0 Å². The van der Waals surface area contributed by atoms with Crippen LogP contribution in [0.1, 0.15) is 59.8 Å². The molecule has 3 unspecified atom stereocenters. The third-order valence-corrected chi connectivity index (χ3v) is 5.51. The molecule has 2 fully saturated rings. The molecule has 0 amide bonds. The van der Waals surface area contributed by atoms with Crippen molar-refractivity contribution in [3.63, 3.8) is 0 Å². The van der Waals surface area contributed by atoms with Crippen LogP contribution in [0.25, 0.3) is 0 Å². The maximum Gasteiger partial charge on any atom is 0.0103 e. The molecule has 1 saturated carbocycles. The number of hydrogen-bond donors (Lipinski definition) is 1. The fourth-order valence-electron chi connectivity index (χ4n) is 4.11. The summed E-state index contributed by atoms with van der Waals surface area (Å²) in [7, 11) is 0. The molecule has 0 bridgehead atoms. The van der Waals surface area contributed by atoms with Crippen molar-refractivity contribution in [2.45, 2.75) is 71.9 Å². The first-order valence-electron chi connectivity index (χ1n) is 8.58. The van der Waals surface area contributed by atoms with Gasteiger partial charge in [-0.25, -0.2) is 0 Å². The molecule has 0 radical (unpaired) electrons. The molecule has 2 nitrogen and oxygen atoms in total. The highest BCUT2D eigenvalue weighted by Crippen LogP contribution is 2.34. The van der Waals surface area contributed by atoms with Crippen LogP contribution in [-0.2, 0) is 0 Å². The summed E-state index contributed by atoms with van der Waals surface area (Å²) in [5, 5.41) is 4.04. The minimum Gasteiger partial charge on any atom is -0.311 e. The Balaban J connectivity index is 1.85. The Hall–Kier alpha value is -0.0800. The summed E-state index contributed by atoms with van der Waals surface area (Å²) < 4.78 is 0. The Morgan fingerprint density at radius 2 is 1.79 bits per heavy atom. The van der Waals surface area contributed by atoms with Crippen LogP contribution in [0.5, 0.6) is 0 Å². The van der Waals surface area contributed by atoms with Gasteiger partial charge in [0.25, 0.3) is 0 Å². The topological polar surface area (TPSA) is 15.3 Å². The number of nitrogens with one attached hydrogen (secondary N) is 1. The van der Waals surface area contributed by atoms with Crippen molar-refractivity contribution in [1.29, 1.82) is 0 Å².